The number of rotatable bonds is 2. The van der Waals surface area contributed by atoms with Crippen LogP contribution in [0, 0.1) is 0 Å². The van der Waals surface area contributed by atoms with Gasteiger partial charge in [-0.1, -0.05) is 9.59 Å². The van der Waals surface area contributed by atoms with Gasteiger partial charge in [0, 0.05) is 35.2 Å². The molecule has 15 heavy (non-hydrogen) atoms. The summed E-state index contributed by atoms with van der Waals surface area (Å²) < 4.78 is 25.6. The Labute approximate surface area is 93.6 Å². The maximum Gasteiger partial charge on any atom is 0.237 e. The minimum atomic E-state index is -3.71. The lowest BCUT2D eigenvalue weighted by Gasteiger charge is -2.09. The van der Waals surface area contributed by atoms with Gasteiger partial charge in [0.2, 0.25) is 20.1 Å². The molecule has 0 saturated carbocycles. The maximum absolute atomic E-state index is 11.4. The highest BCUT2D eigenvalue weighted by Crippen LogP contribution is 2.26. The van der Waals surface area contributed by atoms with Crippen LogP contribution in [0.25, 0.3) is 0 Å². The molecule has 2 rings (SSSR count). The third-order valence-corrected chi connectivity index (χ3v) is 4.50. The second-order valence-electron chi connectivity index (χ2n) is 2.95. The Kier molecular flexibility index (Phi) is 2.61. The average molecular weight is 269 g/mol. The molecule has 7 nitrogen and oxygen atoms in total. The van der Waals surface area contributed by atoms with Crippen molar-refractivity contribution in [3.8, 4) is 0 Å². The average Bonchev–Trinajstić information content (AvgIpc) is 2.69. The summed E-state index contributed by atoms with van der Waals surface area (Å²) in [6.07, 6.45) is -0.120. The molecule has 1 aromatic heterocycles. The van der Waals surface area contributed by atoms with Crippen LogP contribution in [-0.4, -0.2) is 40.9 Å². The van der Waals surface area contributed by atoms with Gasteiger partial charge in [-0.2, -0.15) is 0 Å². The standard InChI is InChI=1S/C5H5ClN4O3S2/c6-15(12,13)3-1-4(11)10(2-3)5-7-8-9-14-5/h3H,1-2H2. The molecule has 1 fully saturated rings. The van der Waals surface area contributed by atoms with E-state index in [1.807, 2.05) is 0 Å². The van der Waals surface area contributed by atoms with Gasteiger partial charge in [0.25, 0.3) is 0 Å². The monoisotopic (exact) mass is 268 g/mol. The van der Waals surface area contributed by atoms with Gasteiger partial charge in [0.15, 0.2) is 0 Å². The normalized spacial score (nSPS) is 22.3. The van der Waals surface area contributed by atoms with Crippen molar-refractivity contribution in [3.05, 3.63) is 0 Å². The largest absolute Gasteiger partial charge is 0.284 e. The zero-order chi connectivity index (χ0) is 11.1. The van der Waals surface area contributed by atoms with Crippen molar-refractivity contribution in [3.63, 3.8) is 0 Å². The highest BCUT2D eigenvalue weighted by Gasteiger charge is 2.39. The first-order valence-electron chi connectivity index (χ1n) is 3.87. The SMILES string of the molecule is O=C1CC(S(=O)(=O)Cl)CN1c1nnns1. The number of amides is 1. The summed E-state index contributed by atoms with van der Waals surface area (Å²) in [4.78, 5) is 12.7. The van der Waals surface area contributed by atoms with Gasteiger partial charge in [-0.05, 0) is 5.21 Å². The van der Waals surface area contributed by atoms with E-state index in [9.17, 15) is 13.2 Å². The summed E-state index contributed by atoms with van der Waals surface area (Å²) in [6, 6.07) is 0. The van der Waals surface area contributed by atoms with Gasteiger partial charge in [-0.25, -0.2) is 8.42 Å². The predicted molar refractivity (Wildman–Crippen MR) is 53.2 cm³/mol. The molecular formula is C5H5ClN4O3S2. The molecule has 0 radical (unpaired) electrons. The van der Waals surface area contributed by atoms with Crippen molar-refractivity contribution in [2.75, 3.05) is 11.4 Å². The summed E-state index contributed by atoms with van der Waals surface area (Å²) in [7, 11) is 1.46. The molecule has 82 valence electrons. The fourth-order valence-electron chi connectivity index (χ4n) is 1.28. The van der Waals surface area contributed by atoms with Crippen LogP contribution in [0.2, 0.25) is 0 Å². The number of nitrogens with zero attached hydrogens (tertiary/aromatic N) is 4. The molecule has 0 spiro atoms. The maximum atomic E-state index is 11.4. The number of hydrogen-bond acceptors (Lipinski definition) is 7. The van der Waals surface area contributed by atoms with E-state index in [0.29, 0.717) is 5.13 Å². The lowest BCUT2D eigenvalue weighted by Crippen LogP contribution is -2.26. The lowest BCUT2D eigenvalue weighted by atomic mass is 10.4. The summed E-state index contributed by atoms with van der Waals surface area (Å²) in [5.74, 6) is -0.331. The number of halogens is 1. The Morgan fingerprint density at radius 2 is 2.27 bits per heavy atom. The number of hydrogen-bond donors (Lipinski definition) is 0. The highest BCUT2D eigenvalue weighted by molar-refractivity contribution is 8.14. The number of anilines is 1. The third-order valence-electron chi connectivity index (χ3n) is 2.01. The van der Waals surface area contributed by atoms with E-state index in [4.69, 9.17) is 10.7 Å². The molecule has 0 aromatic carbocycles. The Bertz CT molecular complexity index is 472. The van der Waals surface area contributed by atoms with E-state index in [0.717, 1.165) is 11.5 Å². The van der Waals surface area contributed by atoms with Crippen LogP contribution in [0.15, 0.2) is 0 Å². The first kappa shape index (κ1) is 10.7. The summed E-state index contributed by atoms with van der Waals surface area (Å²) in [5.41, 5.74) is 0. The summed E-state index contributed by atoms with van der Waals surface area (Å²) in [6.45, 7) is 0.0154. The number of aromatic nitrogens is 3. The van der Waals surface area contributed by atoms with Crippen LogP contribution < -0.4 is 4.90 Å². The fourth-order valence-corrected chi connectivity index (χ4v) is 2.80. The van der Waals surface area contributed by atoms with E-state index < -0.39 is 14.3 Å². The van der Waals surface area contributed by atoms with E-state index in [1.165, 1.54) is 4.90 Å². The first-order chi connectivity index (χ1) is 6.98. The van der Waals surface area contributed by atoms with Gasteiger partial charge in [-0.15, -0.1) is 0 Å². The lowest BCUT2D eigenvalue weighted by molar-refractivity contribution is -0.117. The van der Waals surface area contributed by atoms with Gasteiger partial charge in [0.1, 0.15) is 5.25 Å². The molecule has 1 atom stereocenters. The molecule has 1 aliphatic rings. The van der Waals surface area contributed by atoms with Gasteiger partial charge < -0.3 is 0 Å². The second kappa shape index (κ2) is 3.65. The molecule has 10 heteroatoms. The van der Waals surface area contributed by atoms with Crippen LogP contribution in [0.3, 0.4) is 0 Å². The van der Waals surface area contributed by atoms with Crippen molar-refractivity contribution in [1.82, 2.24) is 14.8 Å². The molecule has 1 saturated heterocycles. The molecule has 1 unspecified atom stereocenters. The minimum Gasteiger partial charge on any atom is -0.284 e. The third kappa shape index (κ3) is 2.08. The molecule has 0 aliphatic carbocycles. The smallest absolute Gasteiger partial charge is 0.237 e. The van der Waals surface area contributed by atoms with Crippen LogP contribution in [0.4, 0.5) is 5.13 Å². The zero-order valence-corrected chi connectivity index (χ0v) is 9.59. The zero-order valence-electron chi connectivity index (χ0n) is 7.20. The van der Waals surface area contributed by atoms with Gasteiger partial charge in [-0.3, -0.25) is 9.69 Å². The topological polar surface area (TPSA) is 93.1 Å². The summed E-state index contributed by atoms with van der Waals surface area (Å²) in [5, 5.41) is 6.34. The van der Waals surface area contributed by atoms with Crippen LogP contribution >= 0.6 is 22.2 Å². The van der Waals surface area contributed by atoms with Crippen LogP contribution in [0.5, 0.6) is 0 Å². The van der Waals surface area contributed by atoms with Crippen molar-refractivity contribution in [2.24, 2.45) is 0 Å². The first-order valence-corrected chi connectivity index (χ1v) is 7.02. The van der Waals surface area contributed by atoms with Crippen molar-refractivity contribution in [1.29, 1.82) is 0 Å². The molecule has 1 amide bonds. The van der Waals surface area contributed by atoms with Crippen molar-refractivity contribution >= 4 is 42.3 Å². The van der Waals surface area contributed by atoms with Crippen LogP contribution in [0.1, 0.15) is 6.42 Å². The van der Waals surface area contributed by atoms with Crippen molar-refractivity contribution in [2.45, 2.75) is 11.7 Å². The van der Waals surface area contributed by atoms with E-state index >= 15 is 0 Å². The molecule has 0 N–H and O–H groups in total. The van der Waals surface area contributed by atoms with Gasteiger partial charge >= 0.3 is 0 Å². The molecule has 2 heterocycles. The quantitative estimate of drug-likeness (QED) is 0.678. The van der Waals surface area contributed by atoms with E-state index in [-0.39, 0.29) is 18.9 Å². The number of carbonyl (C=O) groups is 1. The Morgan fingerprint density at radius 1 is 1.53 bits per heavy atom. The van der Waals surface area contributed by atoms with E-state index in [2.05, 4.69) is 14.8 Å². The molecule has 1 aliphatic heterocycles. The Balaban J connectivity index is 2.23. The number of carbonyl (C=O) groups excluding carboxylic acids is 1. The molecular weight excluding hydrogens is 264 g/mol. The summed E-state index contributed by atoms with van der Waals surface area (Å²) >= 11 is 0.932. The Hall–Kier alpha value is -0.800. The van der Waals surface area contributed by atoms with E-state index in [1.54, 1.807) is 0 Å². The van der Waals surface area contributed by atoms with Crippen LogP contribution in [-0.2, 0) is 13.8 Å². The predicted octanol–water partition coefficient (Wildman–Crippen LogP) is -0.393. The second-order valence-corrected chi connectivity index (χ2v) is 6.57. The molecule has 1 aromatic rings. The fraction of sp³-hybridized carbons (Fsp3) is 0.600. The Morgan fingerprint density at radius 3 is 2.73 bits per heavy atom. The van der Waals surface area contributed by atoms with Gasteiger partial charge in [0.05, 0.1) is 0 Å². The van der Waals surface area contributed by atoms with Crippen molar-refractivity contribution < 1.29 is 13.2 Å². The highest BCUT2D eigenvalue weighted by atomic mass is 35.7. The molecule has 0 bridgehead atoms. The minimum absolute atomic E-state index is 0.0154.